The lowest BCUT2D eigenvalue weighted by Gasteiger charge is -2.17. The minimum Gasteiger partial charge on any atom is -0.326 e. The van der Waals surface area contributed by atoms with Crippen molar-refractivity contribution in [3.63, 3.8) is 0 Å². The Morgan fingerprint density at radius 1 is 1.29 bits per heavy atom. The van der Waals surface area contributed by atoms with Crippen LogP contribution in [-0.2, 0) is 13.1 Å². The van der Waals surface area contributed by atoms with E-state index in [4.69, 9.17) is 5.73 Å². The average Bonchev–Trinajstić information content (AvgIpc) is 2.32. The number of unbranched alkanes of at least 4 members (excludes halogenated alkanes) is 2. The molecule has 1 rings (SSSR count). The molecule has 0 unspecified atom stereocenters. The first-order chi connectivity index (χ1) is 8.17. The van der Waals surface area contributed by atoms with Crippen molar-refractivity contribution in [3.05, 3.63) is 35.1 Å². The molecular weight excluding hydrogens is 215 g/mol. The van der Waals surface area contributed by atoms with E-state index >= 15 is 0 Å². The Morgan fingerprint density at radius 3 is 2.71 bits per heavy atom. The first-order valence-corrected chi connectivity index (χ1v) is 6.33. The van der Waals surface area contributed by atoms with E-state index < -0.39 is 0 Å². The molecule has 2 nitrogen and oxygen atoms in total. The predicted octanol–water partition coefficient (Wildman–Crippen LogP) is 2.91. The average molecular weight is 238 g/mol. The molecule has 3 heteroatoms. The number of hydrogen-bond acceptors (Lipinski definition) is 2. The van der Waals surface area contributed by atoms with Gasteiger partial charge in [-0.25, -0.2) is 4.39 Å². The van der Waals surface area contributed by atoms with Crippen LogP contribution in [0.3, 0.4) is 0 Å². The summed E-state index contributed by atoms with van der Waals surface area (Å²) in [6.45, 7) is 4.41. The van der Waals surface area contributed by atoms with Gasteiger partial charge in [0.2, 0.25) is 0 Å². The van der Waals surface area contributed by atoms with E-state index in [0.29, 0.717) is 5.56 Å². The van der Waals surface area contributed by atoms with Crippen molar-refractivity contribution in [1.82, 2.24) is 4.90 Å². The van der Waals surface area contributed by atoms with Crippen LogP contribution in [0.5, 0.6) is 0 Å². The second kappa shape index (κ2) is 7.41. The van der Waals surface area contributed by atoms with Crippen molar-refractivity contribution >= 4 is 0 Å². The molecule has 0 heterocycles. The van der Waals surface area contributed by atoms with Crippen LogP contribution in [0.4, 0.5) is 4.39 Å². The van der Waals surface area contributed by atoms with Crippen molar-refractivity contribution in [1.29, 1.82) is 0 Å². The first-order valence-electron chi connectivity index (χ1n) is 6.33. The normalized spacial score (nSPS) is 11.1. The van der Waals surface area contributed by atoms with E-state index in [2.05, 4.69) is 18.9 Å². The van der Waals surface area contributed by atoms with Crippen LogP contribution in [-0.4, -0.2) is 18.5 Å². The Morgan fingerprint density at radius 2 is 2.06 bits per heavy atom. The van der Waals surface area contributed by atoms with Gasteiger partial charge in [-0.3, -0.25) is 0 Å². The van der Waals surface area contributed by atoms with Gasteiger partial charge in [0.05, 0.1) is 0 Å². The lowest BCUT2D eigenvalue weighted by Crippen LogP contribution is -2.19. The van der Waals surface area contributed by atoms with Gasteiger partial charge in [-0.05, 0) is 31.6 Å². The summed E-state index contributed by atoms with van der Waals surface area (Å²) in [4.78, 5) is 2.27. The van der Waals surface area contributed by atoms with E-state index in [1.54, 1.807) is 0 Å². The standard InChI is InChI=1S/C14H23FN2/c1-3-4-5-8-17(2)11-12-6-7-14(15)13(9-12)10-16/h6-7,9H,3-5,8,10-11,16H2,1-2H3. The van der Waals surface area contributed by atoms with Gasteiger partial charge in [0.1, 0.15) is 5.82 Å². The molecule has 0 fully saturated rings. The van der Waals surface area contributed by atoms with Crippen molar-refractivity contribution in [2.45, 2.75) is 39.3 Å². The highest BCUT2D eigenvalue weighted by atomic mass is 19.1. The summed E-state index contributed by atoms with van der Waals surface area (Å²) in [7, 11) is 2.10. The van der Waals surface area contributed by atoms with Gasteiger partial charge in [0.15, 0.2) is 0 Å². The van der Waals surface area contributed by atoms with Gasteiger partial charge in [-0.15, -0.1) is 0 Å². The Labute approximate surface area is 104 Å². The van der Waals surface area contributed by atoms with E-state index in [1.165, 1.54) is 25.3 Å². The number of benzene rings is 1. The smallest absolute Gasteiger partial charge is 0.127 e. The lowest BCUT2D eigenvalue weighted by molar-refractivity contribution is 0.318. The Balaban J connectivity index is 2.50. The zero-order valence-electron chi connectivity index (χ0n) is 10.9. The van der Waals surface area contributed by atoms with Crippen LogP contribution < -0.4 is 5.73 Å². The zero-order chi connectivity index (χ0) is 12.7. The summed E-state index contributed by atoms with van der Waals surface area (Å²) in [5.41, 5.74) is 7.23. The molecule has 0 aromatic heterocycles. The highest BCUT2D eigenvalue weighted by molar-refractivity contribution is 5.24. The van der Waals surface area contributed by atoms with Crippen molar-refractivity contribution in [2.75, 3.05) is 13.6 Å². The van der Waals surface area contributed by atoms with Gasteiger partial charge < -0.3 is 10.6 Å². The molecule has 0 aliphatic rings. The maximum Gasteiger partial charge on any atom is 0.127 e. The molecule has 0 radical (unpaired) electrons. The maximum atomic E-state index is 13.3. The molecule has 17 heavy (non-hydrogen) atoms. The molecular formula is C14H23FN2. The number of nitrogens with zero attached hydrogens (tertiary/aromatic N) is 1. The minimum atomic E-state index is -0.204. The third kappa shape index (κ3) is 4.84. The summed E-state index contributed by atoms with van der Waals surface area (Å²) >= 11 is 0. The second-order valence-corrected chi connectivity index (χ2v) is 4.57. The van der Waals surface area contributed by atoms with Crippen LogP contribution in [0.1, 0.15) is 37.3 Å². The first kappa shape index (κ1) is 14.1. The van der Waals surface area contributed by atoms with Crippen molar-refractivity contribution in [2.24, 2.45) is 5.73 Å². The summed E-state index contributed by atoms with van der Waals surface area (Å²) in [6.07, 6.45) is 3.72. The molecule has 0 aliphatic carbocycles. The van der Waals surface area contributed by atoms with Crippen LogP contribution in [0.15, 0.2) is 18.2 Å². The summed E-state index contributed by atoms with van der Waals surface area (Å²) in [5, 5.41) is 0. The van der Waals surface area contributed by atoms with Crippen LogP contribution in [0, 0.1) is 5.82 Å². The molecule has 0 saturated carbocycles. The molecule has 0 aliphatic heterocycles. The maximum absolute atomic E-state index is 13.3. The predicted molar refractivity (Wildman–Crippen MR) is 70.2 cm³/mol. The molecule has 0 spiro atoms. The SMILES string of the molecule is CCCCCN(C)Cc1ccc(F)c(CN)c1. The summed E-state index contributed by atoms with van der Waals surface area (Å²) in [5.74, 6) is -0.204. The van der Waals surface area contributed by atoms with Crippen LogP contribution in [0.2, 0.25) is 0 Å². The molecule has 1 aromatic carbocycles. The van der Waals surface area contributed by atoms with Gasteiger partial charge in [-0.1, -0.05) is 31.9 Å². The van der Waals surface area contributed by atoms with Crippen molar-refractivity contribution < 1.29 is 4.39 Å². The summed E-state index contributed by atoms with van der Waals surface area (Å²) in [6, 6.07) is 5.22. The lowest BCUT2D eigenvalue weighted by atomic mass is 10.1. The van der Waals surface area contributed by atoms with Crippen LogP contribution >= 0.6 is 0 Å². The number of nitrogens with two attached hydrogens (primary N) is 1. The topological polar surface area (TPSA) is 29.3 Å². The molecule has 0 atom stereocenters. The molecule has 96 valence electrons. The third-order valence-electron chi connectivity index (χ3n) is 2.93. The number of rotatable bonds is 7. The summed E-state index contributed by atoms with van der Waals surface area (Å²) < 4.78 is 13.3. The highest BCUT2D eigenvalue weighted by Crippen LogP contribution is 2.12. The fourth-order valence-corrected chi connectivity index (χ4v) is 1.91. The molecule has 2 N–H and O–H groups in total. The van der Waals surface area contributed by atoms with Gasteiger partial charge >= 0.3 is 0 Å². The fraction of sp³-hybridized carbons (Fsp3) is 0.571. The van der Waals surface area contributed by atoms with E-state index in [1.807, 2.05) is 12.1 Å². The van der Waals surface area contributed by atoms with E-state index in [0.717, 1.165) is 18.7 Å². The second-order valence-electron chi connectivity index (χ2n) is 4.57. The van der Waals surface area contributed by atoms with E-state index in [9.17, 15) is 4.39 Å². The van der Waals surface area contributed by atoms with Crippen LogP contribution in [0.25, 0.3) is 0 Å². The third-order valence-corrected chi connectivity index (χ3v) is 2.93. The molecule has 0 amide bonds. The zero-order valence-corrected chi connectivity index (χ0v) is 10.9. The quantitative estimate of drug-likeness (QED) is 0.740. The number of halogens is 1. The largest absolute Gasteiger partial charge is 0.326 e. The fourth-order valence-electron chi connectivity index (χ4n) is 1.91. The Kier molecular flexibility index (Phi) is 6.16. The minimum absolute atomic E-state index is 0.204. The van der Waals surface area contributed by atoms with E-state index in [-0.39, 0.29) is 12.4 Å². The highest BCUT2D eigenvalue weighted by Gasteiger charge is 2.04. The monoisotopic (exact) mass is 238 g/mol. The van der Waals surface area contributed by atoms with Crippen molar-refractivity contribution in [3.8, 4) is 0 Å². The molecule has 0 bridgehead atoms. The molecule has 1 aromatic rings. The Bertz CT molecular complexity index is 339. The number of hydrogen-bond donors (Lipinski definition) is 1. The Hall–Kier alpha value is -0.930. The van der Waals surface area contributed by atoms with Gasteiger partial charge in [0, 0.05) is 18.7 Å². The van der Waals surface area contributed by atoms with Gasteiger partial charge in [-0.2, -0.15) is 0 Å². The van der Waals surface area contributed by atoms with Gasteiger partial charge in [0.25, 0.3) is 0 Å². The molecule has 0 saturated heterocycles.